The van der Waals surface area contributed by atoms with Crippen LogP contribution in [0.2, 0.25) is 0 Å². The van der Waals surface area contributed by atoms with E-state index in [1.165, 1.54) is 167 Å². The highest BCUT2D eigenvalue weighted by molar-refractivity contribution is 7.47. The van der Waals surface area contributed by atoms with Crippen molar-refractivity contribution in [1.82, 2.24) is 0 Å². The molecule has 3 N–H and O–H groups in total. The van der Waals surface area contributed by atoms with Crippen molar-refractivity contribution in [3.05, 3.63) is 0 Å². The SMILES string of the molecule is CCCCCCCCCCCCCCCC(=O)OC[C@H](COP(=O)(O)OC[C@@H](O)COP(=O)(O)OC[C@@H](COC(=O)CCCCCCCCCCC)OC(=O)CCCCCCCCCCCC)OC(=O)CCCCCCCCCCCCC(C)CC. The fourth-order valence-electron chi connectivity index (χ4n) is 10.1. The number of phosphoric acid groups is 2. The van der Waals surface area contributed by atoms with Gasteiger partial charge in [0.1, 0.15) is 19.3 Å². The summed E-state index contributed by atoms with van der Waals surface area (Å²) in [6.07, 6.45) is 45.6. The molecule has 0 heterocycles. The van der Waals surface area contributed by atoms with Crippen molar-refractivity contribution in [2.45, 2.75) is 361 Å². The molecule has 6 atom stereocenters. The van der Waals surface area contributed by atoms with E-state index >= 15 is 0 Å². The van der Waals surface area contributed by atoms with Crippen molar-refractivity contribution < 1.29 is 80.2 Å². The number of aliphatic hydroxyl groups is 1. The van der Waals surface area contributed by atoms with E-state index in [0.717, 1.165) is 95.8 Å². The predicted molar refractivity (Wildman–Crippen MR) is 345 cm³/mol. The van der Waals surface area contributed by atoms with Crippen LogP contribution in [0.1, 0.15) is 343 Å². The lowest BCUT2D eigenvalue weighted by atomic mass is 9.99. The van der Waals surface area contributed by atoms with Crippen LogP contribution >= 0.6 is 15.6 Å². The Hall–Kier alpha value is -1.94. The Morgan fingerprint density at radius 1 is 0.326 bits per heavy atom. The molecule has 3 unspecified atom stereocenters. The first-order valence-corrected chi connectivity index (χ1v) is 38.2. The molecule has 0 aromatic rings. The van der Waals surface area contributed by atoms with Crippen molar-refractivity contribution in [1.29, 1.82) is 0 Å². The third-order valence-electron chi connectivity index (χ3n) is 15.9. The lowest BCUT2D eigenvalue weighted by Crippen LogP contribution is -2.30. The molecule has 0 aliphatic rings. The molecule has 0 aromatic heterocycles. The molecule has 510 valence electrons. The van der Waals surface area contributed by atoms with Gasteiger partial charge in [-0.25, -0.2) is 9.13 Å². The highest BCUT2D eigenvalue weighted by Crippen LogP contribution is 2.45. The van der Waals surface area contributed by atoms with Gasteiger partial charge in [-0.3, -0.25) is 37.3 Å². The third kappa shape index (κ3) is 59.7. The van der Waals surface area contributed by atoms with Crippen molar-refractivity contribution in [2.75, 3.05) is 39.6 Å². The van der Waals surface area contributed by atoms with Crippen LogP contribution in [0.25, 0.3) is 0 Å². The maximum Gasteiger partial charge on any atom is 0.472 e. The Bertz CT molecular complexity index is 1670. The number of carbonyl (C=O) groups excluding carboxylic acids is 4. The average Bonchev–Trinajstić information content (AvgIpc) is 3.56. The van der Waals surface area contributed by atoms with Crippen molar-refractivity contribution in [3.63, 3.8) is 0 Å². The molecule has 0 rings (SSSR count). The number of rotatable bonds is 67. The Morgan fingerprint density at radius 2 is 0.558 bits per heavy atom. The van der Waals surface area contributed by atoms with E-state index in [-0.39, 0.29) is 25.7 Å². The maximum absolute atomic E-state index is 13.0. The molecular formula is C67H130O17P2. The van der Waals surface area contributed by atoms with Crippen molar-refractivity contribution >= 4 is 39.5 Å². The van der Waals surface area contributed by atoms with E-state index in [9.17, 15) is 43.2 Å². The normalized spacial score (nSPS) is 14.5. The molecule has 0 aliphatic heterocycles. The van der Waals surface area contributed by atoms with E-state index in [1.54, 1.807) is 0 Å². The maximum atomic E-state index is 13.0. The number of phosphoric ester groups is 2. The van der Waals surface area contributed by atoms with Gasteiger partial charge in [-0.15, -0.1) is 0 Å². The molecule has 0 saturated carbocycles. The van der Waals surface area contributed by atoms with E-state index in [1.807, 2.05) is 0 Å². The van der Waals surface area contributed by atoms with Gasteiger partial charge in [0.05, 0.1) is 26.4 Å². The molecule has 0 aromatic carbocycles. The number of esters is 4. The quantitative estimate of drug-likeness (QED) is 0.0222. The van der Waals surface area contributed by atoms with E-state index < -0.39 is 97.5 Å². The Kier molecular flexibility index (Phi) is 59.2. The van der Waals surface area contributed by atoms with Crippen LogP contribution < -0.4 is 0 Å². The second-order valence-electron chi connectivity index (χ2n) is 24.5. The largest absolute Gasteiger partial charge is 0.472 e. The first-order chi connectivity index (χ1) is 41.6. The van der Waals surface area contributed by atoms with Crippen LogP contribution in [-0.4, -0.2) is 96.7 Å². The summed E-state index contributed by atoms with van der Waals surface area (Å²) in [5.41, 5.74) is 0. The molecule has 0 radical (unpaired) electrons. The number of hydrogen-bond donors (Lipinski definition) is 3. The van der Waals surface area contributed by atoms with Gasteiger partial charge in [0, 0.05) is 25.7 Å². The van der Waals surface area contributed by atoms with E-state index in [2.05, 4.69) is 34.6 Å². The summed E-state index contributed by atoms with van der Waals surface area (Å²) < 4.78 is 68.1. The van der Waals surface area contributed by atoms with Gasteiger partial charge in [0.15, 0.2) is 12.2 Å². The number of ether oxygens (including phenoxy) is 4. The fourth-order valence-corrected chi connectivity index (χ4v) is 11.7. The summed E-state index contributed by atoms with van der Waals surface area (Å²) in [4.78, 5) is 72.3. The average molecular weight is 1270 g/mol. The van der Waals surface area contributed by atoms with Crippen LogP contribution in [-0.2, 0) is 65.4 Å². The molecule has 86 heavy (non-hydrogen) atoms. The lowest BCUT2D eigenvalue weighted by Gasteiger charge is -2.21. The zero-order valence-corrected chi connectivity index (χ0v) is 57.2. The second kappa shape index (κ2) is 60.6. The van der Waals surface area contributed by atoms with Gasteiger partial charge < -0.3 is 33.8 Å². The van der Waals surface area contributed by atoms with Crippen LogP contribution in [0.15, 0.2) is 0 Å². The smallest absolute Gasteiger partial charge is 0.462 e. The molecule has 0 bridgehead atoms. The van der Waals surface area contributed by atoms with Gasteiger partial charge in [-0.1, -0.05) is 291 Å². The summed E-state index contributed by atoms with van der Waals surface area (Å²) in [6.45, 7) is 7.23. The first kappa shape index (κ1) is 84.1. The van der Waals surface area contributed by atoms with Crippen molar-refractivity contribution in [3.8, 4) is 0 Å². The summed E-state index contributed by atoms with van der Waals surface area (Å²) in [6, 6.07) is 0. The molecule has 17 nitrogen and oxygen atoms in total. The minimum Gasteiger partial charge on any atom is -0.462 e. The minimum absolute atomic E-state index is 0.106. The van der Waals surface area contributed by atoms with Crippen LogP contribution in [0.4, 0.5) is 0 Å². The molecule has 0 amide bonds. The van der Waals surface area contributed by atoms with Gasteiger partial charge >= 0.3 is 39.5 Å². The lowest BCUT2D eigenvalue weighted by molar-refractivity contribution is -0.161. The predicted octanol–water partition coefficient (Wildman–Crippen LogP) is 19.0. The Labute approximate surface area is 524 Å². The Morgan fingerprint density at radius 3 is 0.826 bits per heavy atom. The van der Waals surface area contributed by atoms with E-state index in [4.69, 9.17) is 37.0 Å². The number of aliphatic hydroxyl groups excluding tert-OH is 1. The van der Waals surface area contributed by atoms with Crippen molar-refractivity contribution in [2.24, 2.45) is 5.92 Å². The monoisotopic (exact) mass is 1270 g/mol. The topological polar surface area (TPSA) is 237 Å². The standard InChI is InChI=1S/C67H130O17P2/c1-6-10-13-16-19-22-24-25-26-32-36-41-46-51-65(70)78-57-63(84-67(72)53-48-43-38-33-28-27-30-34-39-44-49-60(5)9-4)59-82-86(75,76)80-55-61(68)54-79-85(73,74)81-58-62(56-77-64(69)50-45-40-35-29-21-18-15-12-8-3)83-66(71)52-47-42-37-31-23-20-17-14-11-7-2/h60-63,68H,6-59H2,1-5H3,(H,73,74)(H,75,76)/t60?,61-,62+,63+/m0/s1. The van der Waals surface area contributed by atoms with Crippen LogP contribution in [0.3, 0.4) is 0 Å². The first-order valence-electron chi connectivity index (χ1n) is 35.2. The zero-order chi connectivity index (χ0) is 63.5. The highest BCUT2D eigenvalue weighted by Gasteiger charge is 2.30. The molecule has 0 aliphatic carbocycles. The van der Waals surface area contributed by atoms with Gasteiger partial charge in [-0.05, 0) is 31.6 Å². The summed E-state index contributed by atoms with van der Waals surface area (Å²) in [5.74, 6) is -1.32. The third-order valence-corrected chi connectivity index (χ3v) is 17.8. The van der Waals surface area contributed by atoms with E-state index in [0.29, 0.717) is 25.7 Å². The number of hydrogen-bond acceptors (Lipinski definition) is 15. The zero-order valence-electron chi connectivity index (χ0n) is 55.4. The summed E-state index contributed by atoms with van der Waals surface area (Å²) in [5, 5.41) is 10.6. The molecule has 19 heteroatoms. The molecule has 0 fully saturated rings. The number of unbranched alkanes of at least 4 members (excludes halogenated alkanes) is 38. The second-order valence-corrected chi connectivity index (χ2v) is 27.4. The van der Waals surface area contributed by atoms with Gasteiger partial charge in [0.2, 0.25) is 0 Å². The fraction of sp³-hybridized carbons (Fsp3) is 0.940. The molecule has 0 spiro atoms. The summed E-state index contributed by atoms with van der Waals surface area (Å²) >= 11 is 0. The molecular weight excluding hydrogens is 1140 g/mol. The minimum atomic E-state index is -4.95. The van der Waals surface area contributed by atoms with Crippen LogP contribution in [0.5, 0.6) is 0 Å². The highest BCUT2D eigenvalue weighted by atomic mass is 31.2. The Balaban J connectivity index is 5.24. The van der Waals surface area contributed by atoms with Gasteiger partial charge in [-0.2, -0.15) is 0 Å². The summed E-state index contributed by atoms with van der Waals surface area (Å²) in [7, 11) is -9.89. The van der Waals surface area contributed by atoms with Gasteiger partial charge in [0.25, 0.3) is 0 Å². The molecule has 0 saturated heterocycles. The van der Waals surface area contributed by atoms with Crippen LogP contribution in [0, 0.1) is 5.92 Å². The number of carbonyl (C=O) groups is 4.